The van der Waals surface area contributed by atoms with Gasteiger partial charge in [0.2, 0.25) is 5.75 Å². The third-order valence-electron chi connectivity index (χ3n) is 6.57. The summed E-state index contributed by atoms with van der Waals surface area (Å²) in [7, 11) is 0. The molecule has 3 aromatic rings. The molecule has 0 radical (unpaired) electrons. The maximum absolute atomic E-state index is 15.0. The van der Waals surface area contributed by atoms with Crippen LogP contribution < -0.4 is 4.74 Å². The van der Waals surface area contributed by atoms with Gasteiger partial charge in [0.25, 0.3) is 0 Å². The zero-order chi connectivity index (χ0) is 24.6. The topological polar surface area (TPSA) is 9.23 Å². The monoisotopic (exact) mass is 484 g/mol. The van der Waals surface area contributed by atoms with Gasteiger partial charge < -0.3 is 4.74 Å². The molecule has 8 heteroatoms. The van der Waals surface area contributed by atoms with Gasteiger partial charge in [-0.3, -0.25) is 0 Å². The standard InChI is InChI=1S/C26H23F7O/c1-2-3-14-4-6-15(7-5-14)17-11-20(27)23(21(28)12-17)16-8-9-19-18(10-16)13-22(29)25(24(19)30)34-26(31,32)33/h8-15H,2-7H2,1H3/t14-,15-. The Morgan fingerprint density at radius 3 is 2.09 bits per heavy atom. The number of rotatable bonds is 5. The molecule has 1 aliphatic rings. The average Bonchev–Trinajstić information content (AvgIpc) is 2.76. The van der Waals surface area contributed by atoms with E-state index in [2.05, 4.69) is 11.7 Å². The first-order valence-electron chi connectivity index (χ1n) is 11.2. The van der Waals surface area contributed by atoms with Gasteiger partial charge in [-0.25, -0.2) is 17.6 Å². The zero-order valence-corrected chi connectivity index (χ0v) is 18.4. The number of hydrogen-bond acceptors (Lipinski definition) is 1. The van der Waals surface area contributed by atoms with E-state index in [4.69, 9.17) is 0 Å². The molecule has 182 valence electrons. The largest absolute Gasteiger partial charge is 0.573 e. The molecule has 34 heavy (non-hydrogen) atoms. The van der Waals surface area contributed by atoms with Gasteiger partial charge in [0, 0.05) is 5.39 Å². The summed E-state index contributed by atoms with van der Waals surface area (Å²) in [6.07, 6.45) is 0.750. The lowest BCUT2D eigenvalue weighted by atomic mass is 9.77. The summed E-state index contributed by atoms with van der Waals surface area (Å²) < 4.78 is 99.5. The Balaban J connectivity index is 1.66. The third kappa shape index (κ3) is 5.00. The lowest BCUT2D eigenvalue weighted by Crippen LogP contribution is -2.19. The Kier molecular flexibility index (Phi) is 6.78. The highest BCUT2D eigenvalue weighted by molar-refractivity contribution is 5.89. The maximum atomic E-state index is 15.0. The van der Waals surface area contributed by atoms with Gasteiger partial charge >= 0.3 is 6.36 Å². The van der Waals surface area contributed by atoms with Crippen LogP contribution in [-0.2, 0) is 0 Å². The summed E-state index contributed by atoms with van der Waals surface area (Å²) in [5.41, 5.74) is 0.242. The molecule has 0 atom stereocenters. The van der Waals surface area contributed by atoms with E-state index in [0.29, 0.717) is 17.5 Å². The first-order chi connectivity index (χ1) is 16.1. The van der Waals surface area contributed by atoms with Gasteiger partial charge in [-0.1, -0.05) is 31.9 Å². The molecule has 0 heterocycles. The second-order valence-corrected chi connectivity index (χ2v) is 8.85. The van der Waals surface area contributed by atoms with Crippen molar-refractivity contribution in [2.45, 2.75) is 57.7 Å². The van der Waals surface area contributed by atoms with Gasteiger partial charge in [0.1, 0.15) is 11.6 Å². The number of benzene rings is 3. The van der Waals surface area contributed by atoms with Crippen LogP contribution in [0.1, 0.15) is 56.9 Å². The van der Waals surface area contributed by atoms with E-state index in [0.717, 1.165) is 50.7 Å². The molecule has 0 unspecified atom stereocenters. The molecule has 0 bridgehead atoms. The predicted octanol–water partition coefficient (Wildman–Crippen LogP) is 9.04. The molecule has 1 nitrogen and oxygen atoms in total. The van der Waals surface area contributed by atoms with Gasteiger partial charge in [0.05, 0.1) is 5.56 Å². The molecular formula is C26H23F7O. The number of hydrogen-bond donors (Lipinski definition) is 0. The zero-order valence-electron chi connectivity index (χ0n) is 18.4. The van der Waals surface area contributed by atoms with Crippen LogP contribution in [0.15, 0.2) is 36.4 Å². The Morgan fingerprint density at radius 1 is 0.853 bits per heavy atom. The molecule has 0 amide bonds. The van der Waals surface area contributed by atoms with Crippen molar-refractivity contribution in [1.82, 2.24) is 0 Å². The van der Waals surface area contributed by atoms with Gasteiger partial charge in [0.15, 0.2) is 11.6 Å². The lowest BCUT2D eigenvalue weighted by Gasteiger charge is -2.29. The minimum absolute atomic E-state index is 0.0176. The van der Waals surface area contributed by atoms with Crippen molar-refractivity contribution >= 4 is 10.8 Å². The van der Waals surface area contributed by atoms with E-state index in [1.807, 2.05) is 0 Å². The minimum Gasteiger partial charge on any atom is -0.399 e. The van der Waals surface area contributed by atoms with Crippen LogP contribution in [0.5, 0.6) is 5.75 Å². The summed E-state index contributed by atoms with van der Waals surface area (Å²) in [6.45, 7) is 2.14. The van der Waals surface area contributed by atoms with Crippen molar-refractivity contribution in [3.63, 3.8) is 0 Å². The summed E-state index contributed by atoms with van der Waals surface area (Å²) in [5, 5.41) is -0.523. The van der Waals surface area contributed by atoms with Crippen LogP contribution in [0.4, 0.5) is 30.7 Å². The number of alkyl halides is 3. The van der Waals surface area contributed by atoms with E-state index in [-0.39, 0.29) is 27.8 Å². The van der Waals surface area contributed by atoms with Crippen molar-refractivity contribution < 1.29 is 35.5 Å². The normalized spacial score (nSPS) is 18.9. The van der Waals surface area contributed by atoms with E-state index >= 15 is 8.78 Å². The average molecular weight is 484 g/mol. The number of ether oxygens (including phenoxy) is 1. The van der Waals surface area contributed by atoms with E-state index in [1.165, 1.54) is 18.2 Å². The van der Waals surface area contributed by atoms with Crippen molar-refractivity contribution in [2.75, 3.05) is 0 Å². The molecule has 1 saturated carbocycles. The molecule has 4 rings (SSSR count). The third-order valence-corrected chi connectivity index (χ3v) is 6.57. The maximum Gasteiger partial charge on any atom is 0.573 e. The fourth-order valence-electron chi connectivity index (χ4n) is 4.97. The number of halogens is 7. The minimum atomic E-state index is -5.28. The molecule has 1 fully saturated rings. The van der Waals surface area contributed by atoms with Crippen LogP contribution in [0.3, 0.4) is 0 Å². The Bertz CT molecular complexity index is 1170. The summed E-state index contributed by atoms with van der Waals surface area (Å²) in [5.74, 6) is -5.59. The summed E-state index contributed by atoms with van der Waals surface area (Å²) in [4.78, 5) is 0. The molecule has 1 aliphatic carbocycles. The van der Waals surface area contributed by atoms with Crippen LogP contribution >= 0.6 is 0 Å². The molecule has 0 N–H and O–H groups in total. The molecule has 0 saturated heterocycles. The fraction of sp³-hybridized carbons (Fsp3) is 0.385. The summed E-state index contributed by atoms with van der Waals surface area (Å²) in [6, 6.07) is 6.60. The molecule has 0 aromatic heterocycles. The fourth-order valence-corrected chi connectivity index (χ4v) is 4.97. The smallest absolute Gasteiger partial charge is 0.399 e. The van der Waals surface area contributed by atoms with E-state index in [1.54, 1.807) is 0 Å². The van der Waals surface area contributed by atoms with E-state index in [9.17, 15) is 22.0 Å². The molecule has 3 aromatic carbocycles. The Labute approximate surface area is 192 Å². The van der Waals surface area contributed by atoms with Gasteiger partial charge in [-0.2, -0.15) is 0 Å². The van der Waals surface area contributed by atoms with Crippen LogP contribution in [0.25, 0.3) is 21.9 Å². The van der Waals surface area contributed by atoms with Crippen LogP contribution in [-0.4, -0.2) is 6.36 Å². The first-order valence-corrected chi connectivity index (χ1v) is 11.2. The van der Waals surface area contributed by atoms with Crippen LogP contribution in [0.2, 0.25) is 0 Å². The second-order valence-electron chi connectivity index (χ2n) is 8.85. The summed E-state index contributed by atoms with van der Waals surface area (Å²) >= 11 is 0. The lowest BCUT2D eigenvalue weighted by molar-refractivity contribution is -0.276. The van der Waals surface area contributed by atoms with Crippen molar-refractivity contribution in [1.29, 1.82) is 0 Å². The molecular weight excluding hydrogens is 461 g/mol. The van der Waals surface area contributed by atoms with Crippen molar-refractivity contribution in [2.24, 2.45) is 5.92 Å². The van der Waals surface area contributed by atoms with Crippen molar-refractivity contribution in [3.8, 4) is 16.9 Å². The highest BCUT2D eigenvalue weighted by Crippen LogP contribution is 2.40. The van der Waals surface area contributed by atoms with E-state index < -0.39 is 35.4 Å². The van der Waals surface area contributed by atoms with Gasteiger partial charge in [-0.15, -0.1) is 13.2 Å². The molecule has 0 spiro atoms. The number of fused-ring (bicyclic) bond motifs is 1. The van der Waals surface area contributed by atoms with Crippen LogP contribution in [0, 0.1) is 29.2 Å². The Hall–Kier alpha value is -2.77. The predicted molar refractivity (Wildman–Crippen MR) is 116 cm³/mol. The molecule has 0 aliphatic heterocycles. The SMILES string of the molecule is CCC[C@H]1CC[C@H](c2cc(F)c(-c3ccc4c(F)c(OC(F)(F)F)c(F)cc4c3)c(F)c2)CC1. The van der Waals surface area contributed by atoms with Gasteiger partial charge in [-0.05, 0) is 78.3 Å². The second kappa shape index (κ2) is 9.47. The van der Waals surface area contributed by atoms with Crippen molar-refractivity contribution in [3.05, 3.63) is 65.2 Å². The first kappa shape index (κ1) is 24.4. The quantitative estimate of drug-likeness (QED) is 0.328. The highest BCUT2D eigenvalue weighted by Gasteiger charge is 2.34. The highest BCUT2D eigenvalue weighted by atomic mass is 19.4. The Morgan fingerprint density at radius 2 is 1.50 bits per heavy atom.